The molecule has 1 rings (SSSR count). The topological polar surface area (TPSA) is 70.6 Å². The number of benzene rings is 1. The van der Waals surface area contributed by atoms with Crippen LogP contribution in [0.5, 0.6) is 0 Å². The van der Waals surface area contributed by atoms with Crippen LogP contribution in [0.15, 0.2) is 29.4 Å². The van der Waals surface area contributed by atoms with Gasteiger partial charge in [-0.05, 0) is 19.4 Å². The van der Waals surface area contributed by atoms with Gasteiger partial charge in [-0.15, -0.1) is 0 Å². The van der Waals surface area contributed by atoms with E-state index >= 15 is 0 Å². The number of nitrogens with one attached hydrogen (secondary N) is 1. The Morgan fingerprint density at radius 1 is 1.60 bits per heavy atom. The van der Waals surface area contributed by atoms with Crippen LogP contribution in [0.4, 0.5) is 0 Å². The van der Waals surface area contributed by atoms with E-state index in [9.17, 15) is 0 Å². The van der Waals surface area contributed by atoms with E-state index in [1.54, 1.807) is 0 Å². The van der Waals surface area contributed by atoms with Crippen LogP contribution < -0.4 is 11.1 Å². The van der Waals surface area contributed by atoms with Crippen molar-refractivity contribution >= 4 is 5.84 Å². The third-order valence-corrected chi connectivity index (χ3v) is 2.26. The molecule has 0 unspecified atom stereocenters. The predicted octanol–water partition coefficient (Wildman–Crippen LogP) is 1.39. The lowest BCUT2D eigenvalue weighted by Gasteiger charge is -2.13. The largest absolute Gasteiger partial charge is 0.409 e. The van der Waals surface area contributed by atoms with Crippen LogP contribution in [0.3, 0.4) is 0 Å². The van der Waals surface area contributed by atoms with Gasteiger partial charge in [0.05, 0.1) is 6.54 Å². The fraction of sp³-hybridized carbons (Fsp3) is 0.364. The van der Waals surface area contributed by atoms with E-state index in [-0.39, 0.29) is 11.9 Å². The summed E-state index contributed by atoms with van der Waals surface area (Å²) >= 11 is 0. The maximum Gasteiger partial charge on any atom is 0.153 e. The first-order chi connectivity index (χ1) is 7.13. The van der Waals surface area contributed by atoms with Gasteiger partial charge >= 0.3 is 0 Å². The molecule has 82 valence electrons. The van der Waals surface area contributed by atoms with Gasteiger partial charge in [0.2, 0.25) is 0 Å². The number of aryl methyl sites for hydroxylation is 1. The Kier molecular flexibility index (Phi) is 4.12. The summed E-state index contributed by atoms with van der Waals surface area (Å²) in [5, 5.41) is 14.4. The number of rotatable bonds is 4. The second-order valence-corrected chi connectivity index (χ2v) is 3.61. The van der Waals surface area contributed by atoms with E-state index in [4.69, 9.17) is 10.9 Å². The van der Waals surface area contributed by atoms with Crippen molar-refractivity contribution in [1.29, 1.82) is 0 Å². The zero-order chi connectivity index (χ0) is 11.3. The van der Waals surface area contributed by atoms with E-state index in [0.29, 0.717) is 6.54 Å². The zero-order valence-corrected chi connectivity index (χ0v) is 9.07. The molecule has 0 radical (unpaired) electrons. The van der Waals surface area contributed by atoms with Crippen molar-refractivity contribution in [3.05, 3.63) is 35.4 Å². The Morgan fingerprint density at radius 3 is 2.93 bits per heavy atom. The molecule has 0 aliphatic carbocycles. The molecule has 0 amide bonds. The first kappa shape index (κ1) is 11.5. The molecule has 0 aliphatic heterocycles. The van der Waals surface area contributed by atoms with E-state index in [1.807, 2.05) is 13.0 Å². The summed E-state index contributed by atoms with van der Waals surface area (Å²) in [4.78, 5) is 0. The van der Waals surface area contributed by atoms with Crippen molar-refractivity contribution in [3.8, 4) is 0 Å². The molecule has 4 N–H and O–H groups in total. The zero-order valence-electron chi connectivity index (χ0n) is 9.07. The molecular formula is C11H17N3O. The van der Waals surface area contributed by atoms with E-state index in [0.717, 1.165) is 0 Å². The van der Waals surface area contributed by atoms with Gasteiger partial charge < -0.3 is 16.3 Å². The Bertz CT molecular complexity index is 349. The van der Waals surface area contributed by atoms with Gasteiger partial charge in [0.15, 0.2) is 5.84 Å². The summed E-state index contributed by atoms with van der Waals surface area (Å²) in [6.45, 7) is 4.48. The van der Waals surface area contributed by atoms with Crippen LogP contribution >= 0.6 is 0 Å². The van der Waals surface area contributed by atoms with Gasteiger partial charge in [-0.25, -0.2) is 0 Å². The minimum Gasteiger partial charge on any atom is -0.409 e. The smallest absolute Gasteiger partial charge is 0.153 e. The molecule has 0 bridgehead atoms. The molecule has 0 fully saturated rings. The lowest BCUT2D eigenvalue weighted by Crippen LogP contribution is -2.30. The minimum absolute atomic E-state index is 0.185. The normalized spacial score (nSPS) is 13.9. The predicted molar refractivity (Wildman–Crippen MR) is 61.0 cm³/mol. The summed E-state index contributed by atoms with van der Waals surface area (Å²) in [5.41, 5.74) is 7.79. The van der Waals surface area contributed by atoms with Crippen LogP contribution in [0.2, 0.25) is 0 Å². The van der Waals surface area contributed by atoms with Crippen molar-refractivity contribution in [2.45, 2.75) is 19.9 Å². The number of hydrogen-bond acceptors (Lipinski definition) is 3. The Balaban J connectivity index is 2.57. The molecule has 0 heterocycles. The van der Waals surface area contributed by atoms with Gasteiger partial charge in [0.1, 0.15) is 0 Å². The third-order valence-electron chi connectivity index (χ3n) is 2.26. The van der Waals surface area contributed by atoms with Crippen molar-refractivity contribution in [1.82, 2.24) is 5.32 Å². The molecule has 0 aliphatic rings. The van der Waals surface area contributed by atoms with Gasteiger partial charge in [0, 0.05) is 6.04 Å². The quantitative estimate of drug-likeness (QED) is 0.302. The maximum atomic E-state index is 8.39. The molecule has 1 aromatic carbocycles. The summed E-state index contributed by atoms with van der Waals surface area (Å²) in [6.07, 6.45) is 0. The SMILES string of the molecule is Cc1cccc([C@H](C)NC/C(N)=N/O)c1. The highest BCUT2D eigenvalue weighted by molar-refractivity contribution is 5.81. The fourth-order valence-electron chi connectivity index (χ4n) is 1.35. The van der Waals surface area contributed by atoms with Crippen LogP contribution in [0.25, 0.3) is 0 Å². The van der Waals surface area contributed by atoms with E-state index in [2.05, 4.69) is 35.6 Å². The third kappa shape index (κ3) is 3.59. The second-order valence-electron chi connectivity index (χ2n) is 3.61. The van der Waals surface area contributed by atoms with Gasteiger partial charge in [0.25, 0.3) is 0 Å². The first-order valence-electron chi connectivity index (χ1n) is 4.90. The summed E-state index contributed by atoms with van der Waals surface area (Å²) < 4.78 is 0. The minimum atomic E-state index is 0.185. The highest BCUT2D eigenvalue weighted by atomic mass is 16.4. The Labute approximate surface area is 89.8 Å². The van der Waals surface area contributed by atoms with E-state index < -0.39 is 0 Å². The summed E-state index contributed by atoms with van der Waals surface area (Å²) in [7, 11) is 0. The molecule has 1 atom stereocenters. The first-order valence-corrected chi connectivity index (χ1v) is 4.90. The molecule has 0 aromatic heterocycles. The number of nitrogens with two attached hydrogens (primary N) is 1. The van der Waals surface area contributed by atoms with Crippen molar-refractivity contribution < 1.29 is 5.21 Å². The van der Waals surface area contributed by atoms with Crippen LogP contribution in [-0.2, 0) is 0 Å². The standard InChI is InChI=1S/C11H17N3O/c1-8-4-3-5-10(6-8)9(2)13-7-11(12)14-15/h3-6,9,13,15H,7H2,1-2H3,(H2,12,14)/t9-/m0/s1. The van der Waals surface area contributed by atoms with Crippen LogP contribution in [0.1, 0.15) is 24.1 Å². The number of oxime groups is 1. The molecule has 0 spiro atoms. The summed E-state index contributed by atoms with van der Waals surface area (Å²) in [5.74, 6) is 0.189. The molecule has 15 heavy (non-hydrogen) atoms. The number of nitrogens with zero attached hydrogens (tertiary/aromatic N) is 1. The molecule has 4 nitrogen and oxygen atoms in total. The molecule has 1 aromatic rings. The number of amidine groups is 1. The second kappa shape index (κ2) is 5.36. The lowest BCUT2D eigenvalue weighted by molar-refractivity contribution is 0.316. The Hall–Kier alpha value is -1.55. The van der Waals surface area contributed by atoms with Crippen molar-refractivity contribution in [2.75, 3.05) is 6.54 Å². The molecule has 4 heteroatoms. The van der Waals surface area contributed by atoms with Gasteiger partial charge in [-0.1, -0.05) is 35.0 Å². The molecule has 0 saturated carbocycles. The molecule has 0 saturated heterocycles. The lowest BCUT2D eigenvalue weighted by atomic mass is 10.1. The van der Waals surface area contributed by atoms with E-state index in [1.165, 1.54) is 11.1 Å². The maximum absolute atomic E-state index is 8.39. The fourth-order valence-corrected chi connectivity index (χ4v) is 1.35. The van der Waals surface area contributed by atoms with Gasteiger partial charge in [-0.3, -0.25) is 0 Å². The highest BCUT2D eigenvalue weighted by Gasteiger charge is 2.04. The average molecular weight is 207 g/mol. The average Bonchev–Trinajstić information content (AvgIpc) is 2.25. The van der Waals surface area contributed by atoms with Crippen molar-refractivity contribution in [2.24, 2.45) is 10.9 Å². The Morgan fingerprint density at radius 2 is 2.33 bits per heavy atom. The van der Waals surface area contributed by atoms with Crippen LogP contribution in [-0.4, -0.2) is 17.6 Å². The number of hydrogen-bond donors (Lipinski definition) is 3. The molecular weight excluding hydrogens is 190 g/mol. The summed E-state index contributed by atoms with van der Waals surface area (Å²) in [6, 6.07) is 8.43. The monoisotopic (exact) mass is 207 g/mol. The van der Waals surface area contributed by atoms with Crippen molar-refractivity contribution in [3.63, 3.8) is 0 Å². The highest BCUT2D eigenvalue weighted by Crippen LogP contribution is 2.12. The van der Waals surface area contributed by atoms with Gasteiger partial charge in [-0.2, -0.15) is 0 Å². The van der Waals surface area contributed by atoms with Crippen LogP contribution in [0, 0.1) is 6.92 Å².